The van der Waals surface area contributed by atoms with Gasteiger partial charge in [-0.3, -0.25) is 9.92 Å². The fraction of sp³-hybridized carbons (Fsp3) is 0.222. The highest BCUT2D eigenvalue weighted by Crippen LogP contribution is 2.20. The van der Waals surface area contributed by atoms with Gasteiger partial charge in [0.1, 0.15) is 0 Å². The van der Waals surface area contributed by atoms with Crippen molar-refractivity contribution in [2.75, 3.05) is 0 Å². The monoisotopic (exact) mass is 244 g/mol. The molecule has 0 saturated carbocycles. The summed E-state index contributed by atoms with van der Waals surface area (Å²) in [5.74, 6) is -1.07. The molecule has 0 radical (unpaired) electrons. The van der Waals surface area contributed by atoms with Crippen molar-refractivity contribution in [1.82, 2.24) is 0 Å². The van der Waals surface area contributed by atoms with Crippen molar-refractivity contribution in [1.29, 1.82) is 0 Å². The highest BCUT2D eigenvalue weighted by molar-refractivity contribution is 7.74. The van der Waals surface area contributed by atoms with Crippen molar-refractivity contribution < 1.29 is 22.8 Å². The first-order valence-electron chi connectivity index (χ1n) is 4.24. The van der Waals surface area contributed by atoms with E-state index in [0.717, 1.165) is 0 Å². The highest BCUT2D eigenvalue weighted by atomic mass is 32.2. The minimum Gasteiger partial charge on any atom is -0.750 e. The number of benzene rings is 1. The number of hydrogen-bond acceptors (Lipinski definition) is 5. The molecular formula is C9H10NO5S-. The van der Waals surface area contributed by atoms with Crippen LogP contribution in [0.15, 0.2) is 24.3 Å². The molecule has 0 spiro atoms. The van der Waals surface area contributed by atoms with Crippen molar-refractivity contribution in [3.8, 4) is 0 Å². The molecule has 2 unspecified atom stereocenters. The predicted octanol–water partition coefficient (Wildman–Crippen LogP) is 0.327. The van der Waals surface area contributed by atoms with E-state index in [4.69, 9.17) is 10.8 Å². The van der Waals surface area contributed by atoms with Crippen molar-refractivity contribution in [3.05, 3.63) is 35.4 Å². The molecule has 0 aliphatic rings. The zero-order chi connectivity index (χ0) is 12.3. The molecule has 1 aromatic carbocycles. The minimum atomic E-state index is -2.74. The molecule has 6 nitrogen and oxygen atoms in total. The lowest BCUT2D eigenvalue weighted by molar-refractivity contribution is 0.0695. The first-order valence-corrected chi connectivity index (χ1v) is 5.24. The zero-order valence-corrected chi connectivity index (χ0v) is 9.19. The summed E-state index contributed by atoms with van der Waals surface area (Å²) >= 11 is -2.74. The maximum Gasteiger partial charge on any atom is 0.335 e. The molecule has 0 bridgehead atoms. The zero-order valence-electron chi connectivity index (χ0n) is 8.38. The molecule has 0 saturated heterocycles. The van der Waals surface area contributed by atoms with Crippen LogP contribution in [-0.2, 0) is 21.3 Å². The van der Waals surface area contributed by atoms with Gasteiger partial charge in [0, 0.05) is 0 Å². The second-order valence-electron chi connectivity index (χ2n) is 3.28. The van der Waals surface area contributed by atoms with Crippen LogP contribution in [0.2, 0.25) is 0 Å². The maximum atomic E-state index is 10.6. The molecule has 0 aliphatic heterocycles. The van der Waals surface area contributed by atoms with E-state index < -0.39 is 23.1 Å². The third-order valence-corrected chi connectivity index (χ3v) is 2.43. The van der Waals surface area contributed by atoms with Crippen LogP contribution in [0.5, 0.6) is 0 Å². The van der Waals surface area contributed by atoms with E-state index in [1.54, 1.807) is 0 Å². The molecule has 1 rings (SSSR count). The van der Waals surface area contributed by atoms with Crippen LogP contribution < -0.4 is 5.73 Å². The highest BCUT2D eigenvalue weighted by Gasteiger charge is 2.23. The lowest BCUT2D eigenvalue weighted by Gasteiger charge is -2.25. The van der Waals surface area contributed by atoms with E-state index >= 15 is 0 Å². The average molecular weight is 244 g/mol. The summed E-state index contributed by atoms with van der Waals surface area (Å²) in [6, 6.07) is 5.44. The summed E-state index contributed by atoms with van der Waals surface area (Å²) in [6.07, 6.45) is 0. The number of hydrogen-bond donors (Lipinski definition) is 2. The Hall–Kier alpha value is -1.28. The van der Waals surface area contributed by atoms with Gasteiger partial charge in [-0.15, -0.1) is 0 Å². The summed E-state index contributed by atoms with van der Waals surface area (Å²) in [7, 11) is 0. The van der Waals surface area contributed by atoms with Gasteiger partial charge in [0.15, 0.2) is 5.72 Å². The molecule has 2 atom stereocenters. The Bertz CT molecular complexity index is 414. The van der Waals surface area contributed by atoms with Gasteiger partial charge in [0.05, 0.1) is 16.9 Å². The van der Waals surface area contributed by atoms with Gasteiger partial charge in [-0.1, -0.05) is 12.1 Å². The van der Waals surface area contributed by atoms with Crippen LogP contribution in [0.4, 0.5) is 0 Å². The van der Waals surface area contributed by atoms with Crippen LogP contribution in [0.3, 0.4) is 0 Å². The summed E-state index contributed by atoms with van der Waals surface area (Å²) in [5.41, 5.74) is 4.54. The van der Waals surface area contributed by atoms with Crippen LogP contribution in [0, 0.1) is 0 Å². The topological polar surface area (TPSA) is 113 Å². The molecule has 16 heavy (non-hydrogen) atoms. The number of rotatable bonds is 4. The maximum absolute atomic E-state index is 10.6. The van der Waals surface area contributed by atoms with Crippen LogP contribution >= 0.6 is 0 Å². The van der Waals surface area contributed by atoms with Gasteiger partial charge in [0.25, 0.3) is 0 Å². The molecule has 0 aliphatic carbocycles. The number of carboxylic acids is 1. The van der Waals surface area contributed by atoms with E-state index in [0.29, 0.717) is 5.56 Å². The van der Waals surface area contributed by atoms with Crippen molar-refractivity contribution in [2.24, 2.45) is 5.73 Å². The third kappa shape index (κ3) is 3.11. The number of nitrogens with two attached hydrogens (primary N) is 1. The van der Waals surface area contributed by atoms with E-state index in [1.807, 2.05) is 0 Å². The van der Waals surface area contributed by atoms with Gasteiger partial charge >= 0.3 is 5.97 Å². The molecule has 7 heteroatoms. The minimum absolute atomic E-state index is 0.0859. The van der Waals surface area contributed by atoms with Crippen molar-refractivity contribution >= 4 is 17.3 Å². The Kier molecular flexibility index (Phi) is 3.76. The van der Waals surface area contributed by atoms with E-state index in [-0.39, 0.29) is 5.56 Å². The summed E-state index contributed by atoms with van der Waals surface area (Å²) in [4.78, 5) is 10.6. The average Bonchev–Trinajstić information content (AvgIpc) is 2.16. The first kappa shape index (κ1) is 12.8. The molecule has 0 fully saturated rings. The molecule has 0 amide bonds. The Morgan fingerprint density at radius 1 is 1.50 bits per heavy atom. The Morgan fingerprint density at radius 3 is 2.38 bits per heavy atom. The smallest absolute Gasteiger partial charge is 0.335 e. The van der Waals surface area contributed by atoms with Crippen LogP contribution in [-0.4, -0.2) is 19.8 Å². The van der Waals surface area contributed by atoms with E-state index in [1.165, 1.54) is 31.2 Å². The summed E-state index contributed by atoms with van der Waals surface area (Å²) in [5, 5.41) is 8.66. The number of carboxylic acid groups (broad SMARTS) is 1. The Labute approximate surface area is 94.5 Å². The van der Waals surface area contributed by atoms with E-state index in [9.17, 15) is 13.6 Å². The lowest BCUT2D eigenvalue weighted by Crippen LogP contribution is -2.36. The lowest BCUT2D eigenvalue weighted by atomic mass is 10.0. The standard InChI is InChI=1S/C9H11NO5S/c1-9(10,15-16(13)14)7-4-2-6(3-5-7)8(11)12/h2-5H,10H2,1H3,(H,11,12)(H,13,14)/p-1. The Balaban J connectivity index is 2.96. The van der Waals surface area contributed by atoms with Crippen LogP contribution in [0.1, 0.15) is 22.8 Å². The number of aromatic carboxylic acids is 1. The molecule has 3 N–H and O–H groups in total. The van der Waals surface area contributed by atoms with Gasteiger partial charge in [0.2, 0.25) is 0 Å². The second-order valence-corrected chi connectivity index (χ2v) is 3.85. The fourth-order valence-corrected chi connectivity index (χ4v) is 1.51. The summed E-state index contributed by atoms with van der Waals surface area (Å²) in [6.45, 7) is 1.36. The van der Waals surface area contributed by atoms with Crippen molar-refractivity contribution in [3.63, 3.8) is 0 Å². The SMILES string of the molecule is CC(N)(OS(=O)[O-])c1ccc(C(=O)O)cc1. The van der Waals surface area contributed by atoms with Crippen molar-refractivity contribution in [2.45, 2.75) is 12.6 Å². The Morgan fingerprint density at radius 2 is 2.00 bits per heavy atom. The largest absolute Gasteiger partial charge is 0.750 e. The molecule has 0 aromatic heterocycles. The van der Waals surface area contributed by atoms with Gasteiger partial charge in [-0.05, 0) is 24.6 Å². The fourth-order valence-electron chi connectivity index (χ4n) is 1.13. The third-order valence-electron chi connectivity index (χ3n) is 1.95. The molecule has 88 valence electrons. The molecule has 1 aromatic rings. The van der Waals surface area contributed by atoms with Gasteiger partial charge in [-0.2, -0.15) is 0 Å². The molecule has 0 heterocycles. The van der Waals surface area contributed by atoms with Gasteiger partial charge in [-0.25, -0.2) is 9.00 Å². The molecular weight excluding hydrogens is 234 g/mol. The predicted molar refractivity (Wildman–Crippen MR) is 54.9 cm³/mol. The first-order chi connectivity index (χ1) is 7.33. The second kappa shape index (κ2) is 4.71. The quantitative estimate of drug-likeness (QED) is 0.582. The normalized spacial score (nSPS) is 16.4. The van der Waals surface area contributed by atoms with E-state index in [2.05, 4.69) is 4.18 Å². The summed E-state index contributed by atoms with van der Waals surface area (Å²) < 4.78 is 25.2. The van der Waals surface area contributed by atoms with Crippen LogP contribution in [0.25, 0.3) is 0 Å². The number of carbonyl (C=O) groups is 1. The van der Waals surface area contributed by atoms with Gasteiger partial charge < -0.3 is 9.66 Å².